The van der Waals surface area contributed by atoms with Gasteiger partial charge in [0.05, 0.1) is 17.1 Å². The highest BCUT2D eigenvalue weighted by molar-refractivity contribution is 5.94. The van der Waals surface area contributed by atoms with Gasteiger partial charge >= 0.3 is 0 Å². The normalized spacial score (nSPS) is 21.6. The lowest BCUT2D eigenvalue weighted by Gasteiger charge is -2.37. The van der Waals surface area contributed by atoms with Gasteiger partial charge in [-0.1, -0.05) is 0 Å². The summed E-state index contributed by atoms with van der Waals surface area (Å²) in [6.07, 6.45) is 2.05. The summed E-state index contributed by atoms with van der Waals surface area (Å²) in [5.41, 5.74) is 2.42. The fourth-order valence-electron chi connectivity index (χ4n) is 2.38. The molecule has 0 bridgehead atoms. The lowest BCUT2D eigenvalue weighted by molar-refractivity contribution is 0.0958. The Morgan fingerprint density at radius 3 is 2.84 bits per heavy atom. The number of nitrogens with one attached hydrogen (secondary N) is 2. The number of halogens is 1. The summed E-state index contributed by atoms with van der Waals surface area (Å²) >= 11 is 0. The molecule has 6 heteroatoms. The summed E-state index contributed by atoms with van der Waals surface area (Å²) in [7, 11) is 1.61. The predicted molar refractivity (Wildman–Crippen MR) is 76.9 cm³/mol. The molecular formula is C13H17ClN4O. The highest BCUT2D eigenvalue weighted by Crippen LogP contribution is 2.25. The van der Waals surface area contributed by atoms with Crippen molar-refractivity contribution in [3.05, 3.63) is 30.1 Å². The first kappa shape index (κ1) is 13.8. The number of aromatic nitrogens is 2. The average Bonchev–Trinajstić information content (AvgIpc) is 2.79. The van der Waals surface area contributed by atoms with Crippen molar-refractivity contribution in [3.8, 4) is 0 Å². The Kier molecular flexibility index (Phi) is 3.78. The molecule has 1 aliphatic heterocycles. The van der Waals surface area contributed by atoms with Gasteiger partial charge in [0.25, 0.3) is 5.91 Å². The number of fused-ring (bicyclic) bond motifs is 1. The Morgan fingerprint density at radius 1 is 1.47 bits per heavy atom. The van der Waals surface area contributed by atoms with E-state index in [4.69, 9.17) is 0 Å². The summed E-state index contributed by atoms with van der Waals surface area (Å²) < 4.78 is 2.23. The average molecular weight is 281 g/mol. The SMILES string of the molecule is CNC(=O)c1ccc2c(ccn2[C@H]2CN[C@@H]2C)n1.Cl. The maximum absolute atomic E-state index is 11.5. The van der Waals surface area contributed by atoms with Crippen LogP contribution in [0.15, 0.2) is 24.4 Å². The molecule has 1 fully saturated rings. The first-order chi connectivity index (χ1) is 8.70. The van der Waals surface area contributed by atoms with E-state index in [0.717, 1.165) is 17.6 Å². The molecule has 2 aromatic heterocycles. The number of amides is 1. The van der Waals surface area contributed by atoms with E-state index in [9.17, 15) is 4.79 Å². The number of nitrogens with zero attached hydrogens (tertiary/aromatic N) is 2. The summed E-state index contributed by atoms with van der Waals surface area (Å²) in [6, 6.07) is 6.67. The molecule has 0 spiro atoms. The van der Waals surface area contributed by atoms with Crippen molar-refractivity contribution in [1.29, 1.82) is 0 Å². The van der Waals surface area contributed by atoms with Crippen molar-refractivity contribution in [2.24, 2.45) is 0 Å². The second-order valence-corrected chi connectivity index (χ2v) is 4.67. The van der Waals surface area contributed by atoms with E-state index in [2.05, 4.69) is 27.1 Å². The Balaban J connectivity index is 0.00000133. The van der Waals surface area contributed by atoms with Crippen molar-refractivity contribution in [1.82, 2.24) is 20.2 Å². The quantitative estimate of drug-likeness (QED) is 0.873. The number of rotatable bonds is 2. The molecule has 0 aliphatic carbocycles. The zero-order chi connectivity index (χ0) is 12.7. The number of hydrogen-bond acceptors (Lipinski definition) is 3. The van der Waals surface area contributed by atoms with Crippen LogP contribution in [0.25, 0.3) is 11.0 Å². The van der Waals surface area contributed by atoms with Gasteiger partial charge in [0.15, 0.2) is 0 Å². The van der Waals surface area contributed by atoms with Crippen LogP contribution in [-0.4, -0.2) is 35.1 Å². The molecule has 3 rings (SSSR count). The summed E-state index contributed by atoms with van der Waals surface area (Å²) in [5, 5.41) is 5.93. The molecule has 19 heavy (non-hydrogen) atoms. The van der Waals surface area contributed by atoms with E-state index >= 15 is 0 Å². The highest BCUT2D eigenvalue weighted by Gasteiger charge is 2.28. The highest BCUT2D eigenvalue weighted by atomic mass is 35.5. The Morgan fingerprint density at radius 2 is 2.26 bits per heavy atom. The largest absolute Gasteiger partial charge is 0.354 e. The van der Waals surface area contributed by atoms with E-state index in [1.165, 1.54) is 0 Å². The number of hydrogen-bond donors (Lipinski definition) is 2. The fourth-order valence-corrected chi connectivity index (χ4v) is 2.38. The Hall–Kier alpha value is -1.59. The van der Waals surface area contributed by atoms with Crippen LogP contribution < -0.4 is 10.6 Å². The standard InChI is InChI=1S/C13H16N4O.ClH/c1-8-12(7-15-8)17-6-5-9-11(17)4-3-10(16-9)13(18)14-2;/h3-6,8,12,15H,7H2,1-2H3,(H,14,18);1H/t8-,12+;/m1./s1. The van der Waals surface area contributed by atoms with Crippen LogP contribution in [0, 0.1) is 0 Å². The first-order valence-electron chi connectivity index (χ1n) is 6.14. The van der Waals surface area contributed by atoms with Gasteiger partial charge in [0, 0.05) is 25.8 Å². The topological polar surface area (TPSA) is 59.0 Å². The van der Waals surface area contributed by atoms with Crippen molar-refractivity contribution in [3.63, 3.8) is 0 Å². The van der Waals surface area contributed by atoms with Gasteiger partial charge in [-0.3, -0.25) is 4.79 Å². The Bertz CT molecular complexity index is 610. The second-order valence-electron chi connectivity index (χ2n) is 4.67. The predicted octanol–water partition coefficient (Wildman–Crippen LogP) is 1.35. The van der Waals surface area contributed by atoms with Crippen LogP contribution in [0.4, 0.5) is 0 Å². The minimum absolute atomic E-state index is 0. The van der Waals surface area contributed by atoms with Gasteiger partial charge in [-0.25, -0.2) is 4.98 Å². The molecule has 0 aromatic carbocycles. The zero-order valence-electron chi connectivity index (χ0n) is 10.9. The molecule has 0 radical (unpaired) electrons. The molecule has 0 unspecified atom stereocenters. The van der Waals surface area contributed by atoms with E-state index in [1.807, 2.05) is 18.3 Å². The van der Waals surface area contributed by atoms with Crippen LogP contribution in [-0.2, 0) is 0 Å². The molecule has 1 amide bonds. The minimum Gasteiger partial charge on any atom is -0.354 e. The maximum atomic E-state index is 11.5. The van der Waals surface area contributed by atoms with Gasteiger partial charge < -0.3 is 15.2 Å². The third-order valence-electron chi connectivity index (χ3n) is 3.62. The molecule has 1 saturated heterocycles. The van der Waals surface area contributed by atoms with Crippen molar-refractivity contribution in [2.75, 3.05) is 13.6 Å². The second kappa shape index (κ2) is 5.19. The van der Waals surface area contributed by atoms with E-state index in [0.29, 0.717) is 17.8 Å². The van der Waals surface area contributed by atoms with E-state index in [1.54, 1.807) is 13.1 Å². The number of carbonyl (C=O) groups is 1. The van der Waals surface area contributed by atoms with Crippen LogP contribution in [0.5, 0.6) is 0 Å². The van der Waals surface area contributed by atoms with Crippen LogP contribution in [0.2, 0.25) is 0 Å². The van der Waals surface area contributed by atoms with Gasteiger partial charge in [-0.2, -0.15) is 0 Å². The van der Waals surface area contributed by atoms with Crippen molar-refractivity contribution >= 4 is 29.3 Å². The molecule has 2 aromatic rings. The van der Waals surface area contributed by atoms with Crippen molar-refractivity contribution in [2.45, 2.75) is 19.0 Å². The van der Waals surface area contributed by atoms with Crippen LogP contribution in [0.1, 0.15) is 23.5 Å². The molecule has 2 N–H and O–H groups in total. The van der Waals surface area contributed by atoms with Gasteiger partial charge in [-0.05, 0) is 25.1 Å². The molecule has 5 nitrogen and oxygen atoms in total. The molecule has 102 valence electrons. The van der Waals surface area contributed by atoms with E-state index in [-0.39, 0.29) is 18.3 Å². The minimum atomic E-state index is -0.150. The van der Waals surface area contributed by atoms with Crippen molar-refractivity contribution < 1.29 is 4.79 Å². The summed E-state index contributed by atoms with van der Waals surface area (Å²) in [6.45, 7) is 3.16. The third kappa shape index (κ3) is 2.19. The monoisotopic (exact) mass is 280 g/mol. The van der Waals surface area contributed by atoms with Crippen LogP contribution in [0.3, 0.4) is 0 Å². The first-order valence-corrected chi connectivity index (χ1v) is 6.14. The number of carbonyl (C=O) groups excluding carboxylic acids is 1. The lowest BCUT2D eigenvalue weighted by atomic mass is 10.0. The maximum Gasteiger partial charge on any atom is 0.269 e. The number of pyridine rings is 1. The van der Waals surface area contributed by atoms with Gasteiger partial charge in [0.1, 0.15) is 5.69 Å². The molecule has 2 atom stereocenters. The van der Waals surface area contributed by atoms with E-state index < -0.39 is 0 Å². The fraction of sp³-hybridized carbons (Fsp3) is 0.385. The zero-order valence-corrected chi connectivity index (χ0v) is 11.7. The summed E-state index contributed by atoms with van der Waals surface area (Å²) in [5.74, 6) is -0.150. The molecule has 0 saturated carbocycles. The van der Waals surface area contributed by atoms with Gasteiger partial charge in [0.2, 0.25) is 0 Å². The Labute approximate surface area is 117 Å². The molecule has 1 aliphatic rings. The van der Waals surface area contributed by atoms with Crippen LogP contribution >= 0.6 is 12.4 Å². The smallest absolute Gasteiger partial charge is 0.269 e. The molecular weight excluding hydrogens is 264 g/mol. The van der Waals surface area contributed by atoms with Gasteiger partial charge in [-0.15, -0.1) is 12.4 Å². The lowest BCUT2D eigenvalue weighted by Crippen LogP contribution is -2.51. The molecule has 3 heterocycles. The summed E-state index contributed by atoms with van der Waals surface area (Å²) in [4.78, 5) is 15.9. The third-order valence-corrected chi connectivity index (χ3v) is 3.62.